The Balaban J connectivity index is 1.78. The number of nitrogens with one attached hydrogen (secondary N) is 1. The van der Waals surface area contributed by atoms with Crippen molar-refractivity contribution >= 4 is 5.91 Å². The number of carbonyl (C=O) groups is 1. The van der Waals surface area contributed by atoms with Crippen LogP contribution in [0.25, 0.3) is 0 Å². The monoisotopic (exact) mass is 249 g/mol. The van der Waals surface area contributed by atoms with E-state index in [0.717, 1.165) is 24.8 Å². The van der Waals surface area contributed by atoms with Gasteiger partial charge in [-0.25, -0.2) is 0 Å². The fourth-order valence-corrected chi connectivity index (χ4v) is 2.13. The van der Waals surface area contributed by atoms with E-state index in [1.807, 2.05) is 19.1 Å². The Labute approximate surface area is 107 Å². The van der Waals surface area contributed by atoms with Crippen LogP contribution >= 0.6 is 0 Å². The molecule has 0 aromatic heterocycles. The fourth-order valence-electron chi connectivity index (χ4n) is 2.13. The molecule has 2 N–H and O–H groups in total. The lowest BCUT2D eigenvalue weighted by Crippen LogP contribution is -2.44. The number of rotatable bonds is 4. The van der Waals surface area contributed by atoms with Gasteiger partial charge < -0.3 is 15.2 Å². The number of hydrogen-bond donors (Lipinski definition) is 2. The van der Waals surface area contributed by atoms with Gasteiger partial charge in [-0.1, -0.05) is 12.1 Å². The molecule has 2 rings (SSSR count). The zero-order valence-electron chi connectivity index (χ0n) is 10.6. The number of hydrogen-bond acceptors (Lipinski definition) is 3. The molecule has 0 saturated carbocycles. The molecule has 0 spiro atoms. The Morgan fingerprint density at radius 3 is 2.78 bits per heavy atom. The summed E-state index contributed by atoms with van der Waals surface area (Å²) < 4.78 is 5.48. The van der Waals surface area contributed by atoms with E-state index in [9.17, 15) is 4.79 Å². The molecule has 98 valence electrons. The number of aromatic hydroxyl groups is 1. The van der Waals surface area contributed by atoms with Crippen LogP contribution in [0.15, 0.2) is 24.3 Å². The number of carbonyl (C=O) groups excluding carboxylic acids is 1. The van der Waals surface area contributed by atoms with E-state index in [0.29, 0.717) is 13.2 Å². The summed E-state index contributed by atoms with van der Waals surface area (Å²) in [7, 11) is 0. The molecule has 1 saturated heterocycles. The summed E-state index contributed by atoms with van der Waals surface area (Å²) in [4.78, 5) is 11.9. The number of phenols is 1. The average Bonchev–Trinajstić information content (AvgIpc) is 2.80. The van der Waals surface area contributed by atoms with Gasteiger partial charge in [0.25, 0.3) is 5.91 Å². The predicted molar refractivity (Wildman–Crippen MR) is 68.4 cm³/mol. The highest BCUT2D eigenvalue weighted by atomic mass is 16.5. The molecule has 0 bridgehead atoms. The summed E-state index contributed by atoms with van der Waals surface area (Å²) in [5.74, 6) is 0.230. The number of ether oxygens (including phenoxy) is 1. The van der Waals surface area contributed by atoms with Crippen LogP contribution in [-0.2, 0) is 16.0 Å². The Kier molecular flexibility index (Phi) is 3.87. The van der Waals surface area contributed by atoms with Crippen LogP contribution in [0, 0.1) is 0 Å². The van der Waals surface area contributed by atoms with Crippen molar-refractivity contribution < 1.29 is 14.6 Å². The van der Waals surface area contributed by atoms with E-state index < -0.39 is 5.60 Å². The average molecular weight is 249 g/mol. The fraction of sp³-hybridized carbons (Fsp3) is 0.500. The Morgan fingerprint density at radius 1 is 1.44 bits per heavy atom. The first-order valence-electron chi connectivity index (χ1n) is 6.30. The van der Waals surface area contributed by atoms with Crippen molar-refractivity contribution in [1.82, 2.24) is 5.32 Å². The van der Waals surface area contributed by atoms with Crippen LogP contribution in [-0.4, -0.2) is 29.8 Å². The van der Waals surface area contributed by atoms with Gasteiger partial charge in [0.05, 0.1) is 0 Å². The van der Waals surface area contributed by atoms with Crippen molar-refractivity contribution in [1.29, 1.82) is 0 Å². The van der Waals surface area contributed by atoms with Crippen molar-refractivity contribution in [2.24, 2.45) is 0 Å². The SMILES string of the molecule is CC1(C(=O)NCCc2ccc(O)cc2)CCCO1. The van der Waals surface area contributed by atoms with E-state index in [1.165, 1.54) is 0 Å². The second-order valence-electron chi connectivity index (χ2n) is 4.86. The largest absolute Gasteiger partial charge is 0.508 e. The molecule has 4 heteroatoms. The maximum absolute atomic E-state index is 11.9. The van der Waals surface area contributed by atoms with Gasteiger partial charge in [0.2, 0.25) is 0 Å². The highest BCUT2D eigenvalue weighted by Gasteiger charge is 2.37. The lowest BCUT2D eigenvalue weighted by atomic mass is 10.0. The van der Waals surface area contributed by atoms with Crippen molar-refractivity contribution in [2.75, 3.05) is 13.2 Å². The van der Waals surface area contributed by atoms with Crippen molar-refractivity contribution in [3.63, 3.8) is 0 Å². The van der Waals surface area contributed by atoms with Crippen LogP contribution in [0.4, 0.5) is 0 Å². The number of benzene rings is 1. The molecule has 1 aromatic rings. The van der Waals surface area contributed by atoms with E-state index in [2.05, 4.69) is 5.32 Å². The molecule has 1 heterocycles. The molecule has 1 atom stereocenters. The molecule has 1 aliphatic rings. The summed E-state index contributed by atoms with van der Waals surface area (Å²) in [6, 6.07) is 7.02. The van der Waals surface area contributed by atoms with E-state index in [1.54, 1.807) is 12.1 Å². The quantitative estimate of drug-likeness (QED) is 0.852. The molecule has 18 heavy (non-hydrogen) atoms. The molecule has 1 fully saturated rings. The van der Waals surface area contributed by atoms with Crippen LogP contribution in [0.5, 0.6) is 5.75 Å². The second kappa shape index (κ2) is 5.40. The zero-order valence-corrected chi connectivity index (χ0v) is 10.6. The molecule has 1 aromatic carbocycles. The van der Waals surface area contributed by atoms with Crippen molar-refractivity contribution in [2.45, 2.75) is 31.8 Å². The Morgan fingerprint density at radius 2 is 2.17 bits per heavy atom. The predicted octanol–water partition coefficient (Wildman–Crippen LogP) is 1.62. The van der Waals surface area contributed by atoms with Crippen molar-refractivity contribution in [3.05, 3.63) is 29.8 Å². The minimum Gasteiger partial charge on any atom is -0.508 e. The summed E-state index contributed by atoms with van der Waals surface area (Å²) in [6.07, 6.45) is 2.49. The van der Waals surface area contributed by atoms with Crippen molar-refractivity contribution in [3.8, 4) is 5.75 Å². The standard InChI is InChI=1S/C14H19NO3/c1-14(8-2-10-18-14)13(17)15-9-7-11-3-5-12(16)6-4-11/h3-6,16H,2,7-10H2,1H3,(H,15,17). The van der Waals surface area contributed by atoms with Crippen LogP contribution in [0.3, 0.4) is 0 Å². The molecule has 1 amide bonds. The van der Waals surface area contributed by atoms with Crippen LogP contribution in [0.2, 0.25) is 0 Å². The first-order chi connectivity index (χ1) is 8.60. The first kappa shape index (κ1) is 12.9. The highest BCUT2D eigenvalue weighted by Crippen LogP contribution is 2.24. The third kappa shape index (κ3) is 3.01. The molecular formula is C14H19NO3. The van der Waals surface area contributed by atoms with Gasteiger partial charge >= 0.3 is 0 Å². The summed E-state index contributed by atoms with van der Waals surface area (Å²) in [6.45, 7) is 3.10. The van der Waals surface area contributed by atoms with Gasteiger partial charge in [0.15, 0.2) is 0 Å². The van der Waals surface area contributed by atoms with Gasteiger partial charge in [-0.3, -0.25) is 4.79 Å². The molecular weight excluding hydrogens is 230 g/mol. The summed E-state index contributed by atoms with van der Waals surface area (Å²) in [5, 5.41) is 12.1. The molecule has 4 nitrogen and oxygen atoms in total. The van der Waals surface area contributed by atoms with E-state index in [-0.39, 0.29) is 11.7 Å². The summed E-state index contributed by atoms with van der Waals surface area (Å²) in [5.41, 5.74) is 0.445. The first-order valence-corrected chi connectivity index (χ1v) is 6.30. The van der Waals surface area contributed by atoms with Crippen LogP contribution < -0.4 is 5.32 Å². The summed E-state index contributed by atoms with van der Waals surface area (Å²) >= 11 is 0. The maximum Gasteiger partial charge on any atom is 0.251 e. The molecule has 1 aliphatic heterocycles. The minimum atomic E-state index is -0.644. The third-order valence-electron chi connectivity index (χ3n) is 3.33. The van der Waals surface area contributed by atoms with Gasteiger partial charge in [-0.15, -0.1) is 0 Å². The molecule has 0 aliphatic carbocycles. The minimum absolute atomic E-state index is 0.0289. The molecule has 1 unspecified atom stereocenters. The Hall–Kier alpha value is -1.55. The highest BCUT2D eigenvalue weighted by molar-refractivity contribution is 5.84. The number of phenolic OH excluding ortho intramolecular Hbond substituents is 1. The van der Waals surface area contributed by atoms with E-state index >= 15 is 0 Å². The second-order valence-corrected chi connectivity index (χ2v) is 4.86. The van der Waals surface area contributed by atoms with E-state index in [4.69, 9.17) is 9.84 Å². The lowest BCUT2D eigenvalue weighted by Gasteiger charge is -2.21. The zero-order chi connectivity index (χ0) is 13.0. The third-order valence-corrected chi connectivity index (χ3v) is 3.33. The smallest absolute Gasteiger partial charge is 0.251 e. The topological polar surface area (TPSA) is 58.6 Å². The molecule has 0 radical (unpaired) electrons. The lowest BCUT2D eigenvalue weighted by molar-refractivity contribution is -0.139. The van der Waals surface area contributed by atoms with Gasteiger partial charge in [-0.05, 0) is 43.9 Å². The Bertz CT molecular complexity index is 408. The normalized spacial score (nSPS) is 22.9. The van der Waals surface area contributed by atoms with Crippen LogP contribution in [0.1, 0.15) is 25.3 Å². The van der Waals surface area contributed by atoms with Gasteiger partial charge in [-0.2, -0.15) is 0 Å². The van der Waals surface area contributed by atoms with Gasteiger partial charge in [0, 0.05) is 13.2 Å². The number of amides is 1. The maximum atomic E-state index is 11.9. The van der Waals surface area contributed by atoms with Gasteiger partial charge in [0.1, 0.15) is 11.4 Å².